The minimum absolute atomic E-state index is 0.250. The highest BCUT2D eigenvalue weighted by molar-refractivity contribution is 5.40. The number of halogens is 5. The average Bonchev–Trinajstić information content (AvgIpc) is 2.14. The van der Waals surface area contributed by atoms with Crippen LogP contribution < -0.4 is 9.47 Å². The number of aromatic nitrogens is 1. The number of rotatable bonds is 3. The van der Waals surface area contributed by atoms with E-state index >= 15 is 0 Å². The fraction of sp³-hybridized carbons (Fsp3) is 0.444. The maximum absolute atomic E-state index is 12.5. The zero-order valence-corrected chi connectivity index (χ0v) is 8.81. The fourth-order valence-electron chi connectivity index (χ4n) is 1.13. The van der Waals surface area contributed by atoms with Gasteiger partial charge in [0.2, 0.25) is 0 Å². The highest BCUT2D eigenvalue weighted by atomic mass is 19.4. The third-order valence-corrected chi connectivity index (χ3v) is 1.85. The van der Waals surface area contributed by atoms with Gasteiger partial charge < -0.3 is 9.47 Å². The molecule has 0 aromatic carbocycles. The van der Waals surface area contributed by atoms with E-state index in [-0.39, 0.29) is 5.69 Å². The van der Waals surface area contributed by atoms with Gasteiger partial charge in [0.1, 0.15) is 0 Å². The molecule has 0 aliphatic rings. The van der Waals surface area contributed by atoms with Gasteiger partial charge in [-0.2, -0.15) is 0 Å². The number of methoxy groups -OCH3 is 1. The zero-order valence-electron chi connectivity index (χ0n) is 8.81. The highest BCUT2D eigenvalue weighted by Crippen LogP contribution is 2.34. The van der Waals surface area contributed by atoms with Gasteiger partial charge in [0.25, 0.3) is 12.3 Å². The Morgan fingerprint density at radius 2 is 1.88 bits per heavy atom. The lowest BCUT2D eigenvalue weighted by molar-refractivity contribution is -0.276. The van der Waals surface area contributed by atoms with Crippen molar-refractivity contribution in [2.45, 2.75) is 19.7 Å². The van der Waals surface area contributed by atoms with E-state index in [1.54, 1.807) is 0 Å². The first-order valence-corrected chi connectivity index (χ1v) is 4.34. The first-order valence-electron chi connectivity index (χ1n) is 4.34. The van der Waals surface area contributed by atoms with Gasteiger partial charge in [0, 0.05) is 5.56 Å². The molecule has 8 heteroatoms. The second-order valence-corrected chi connectivity index (χ2v) is 3.02. The highest BCUT2D eigenvalue weighted by Gasteiger charge is 2.34. The first-order chi connectivity index (χ1) is 7.74. The predicted molar refractivity (Wildman–Crippen MR) is 47.2 cm³/mol. The van der Waals surface area contributed by atoms with Crippen LogP contribution in [0, 0.1) is 6.92 Å². The summed E-state index contributed by atoms with van der Waals surface area (Å²) in [6.45, 7) is 1.16. The molecule has 0 aliphatic heterocycles. The van der Waals surface area contributed by atoms with E-state index in [9.17, 15) is 22.0 Å². The molecule has 1 aromatic heterocycles. The summed E-state index contributed by atoms with van der Waals surface area (Å²) in [7, 11) is 1.03. The number of hydrogen-bond donors (Lipinski definition) is 0. The van der Waals surface area contributed by atoms with Gasteiger partial charge in [0.05, 0.1) is 12.8 Å². The molecule has 1 rings (SSSR count). The van der Waals surface area contributed by atoms with Crippen LogP contribution in [0.25, 0.3) is 0 Å². The fourth-order valence-corrected chi connectivity index (χ4v) is 1.13. The topological polar surface area (TPSA) is 31.4 Å². The Bertz CT molecular complexity index is 405. The van der Waals surface area contributed by atoms with Crippen LogP contribution in [0.15, 0.2) is 6.07 Å². The molecule has 0 unspecified atom stereocenters. The van der Waals surface area contributed by atoms with Crippen molar-refractivity contribution in [3.63, 3.8) is 0 Å². The second kappa shape index (κ2) is 4.72. The molecule has 1 heterocycles. The predicted octanol–water partition coefficient (Wildman–Crippen LogP) is 3.23. The molecule has 0 N–H and O–H groups in total. The lowest BCUT2D eigenvalue weighted by Gasteiger charge is -2.14. The normalized spacial score (nSPS) is 11.8. The van der Waals surface area contributed by atoms with Crippen LogP contribution in [0.1, 0.15) is 17.7 Å². The van der Waals surface area contributed by atoms with Gasteiger partial charge in [0.15, 0.2) is 5.75 Å². The molecule has 0 aliphatic carbocycles. The summed E-state index contributed by atoms with van der Waals surface area (Å²) in [6, 6.07) is 0.772. The van der Waals surface area contributed by atoms with E-state index in [0.717, 1.165) is 20.1 Å². The number of alkyl halides is 5. The second-order valence-electron chi connectivity index (χ2n) is 3.02. The monoisotopic (exact) mass is 257 g/mol. The van der Waals surface area contributed by atoms with Crippen molar-refractivity contribution in [3.8, 4) is 11.6 Å². The number of aryl methyl sites for hydroxylation is 1. The third-order valence-electron chi connectivity index (χ3n) is 1.85. The largest absolute Gasteiger partial charge is 0.574 e. The van der Waals surface area contributed by atoms with Crippen molar-refractivity contribution < 1.29 is 31.4 Å². The Labute approximate surface area is 93.2 Å². The van der Waals surface area contributed by atoms with Gasteiger partial charge >= 0.3 is 6.36 Å². The van der Waals surface area contributed by atoms with E-state index in [2.05, 4.69) is 14.5 Å². The molecule has 1 aromatic rings. The molecule has 17 heavy (non-hydrogen) atoms. The van der Waals surface area contributed by atoms with Gasteiger partial charge in [-0.15, -0.1) is 13.2 Å². The standard InChI is InChI=1S/C9H8F5NO2/c1-4-5(7(10)11)3-6(16-2)8(15-4)17-9(12,13)14/h3,7H,1-2H3. The summed E-state index contributed by atoms with van der Waals surface area (Å²) in [4.78, 5) is 3.30. The number of hydrogen-bond acceptors (Lipinski definition) is 3. The van der Waals surface area contributed by atoms with E-state index < -0.39 is 30.0 Å². The average molecular weight is 257 g/mol. The SMILES string of the molecule is COc1cc(C(F)F)c(C)nc1OC(F)(F)F. The summed E-state index contributed by atoms with van der Waals surface area (Å²) in [5.41, 5.74) is -0.753. The van der Waals surface area contributed by atoms with Gasteiger partial charge in [-0.05, 0) is 13.0 Å². The van der Waals surface area contributed by atoms with Crippen molar-refractivity contribution in [1.29, 1.82) is 0 Å². The summed E-state index contributed by atoms with van der Waals surface area (Å²) in [5.74, 6) is -1.38. The first kappa shape index (κ1) is 13.5. The van der Waals surface area contributed by atoms with Crippen molar-refractivity contribution in [2.24, 2.45) is 0 Å². The Morgan fingerprint density at radius 1 is 1.29 bits per heavy atom. The Balaban J connectivity index is 3.19. The van der Waals surface area contributed by atoms with Crippen LogP contribution in [-0.2, 0) is 0 Å². The van der Waals surface area contributed by atoms with Crippen LogP contribution >= 0.6 is 0 Å². The van der Waals surface area contributed by atoms with Gasteiger partial charge in [-0.1, -0.05) is 0 Å². The maximum atomic E-state index is 12.5. The zero-order chi connectivity index (χ0) is 13.2. The smallest absolute Gasteiger partial charge is 0.491 e. The molecule has 0 radical (unpaired) electrons. The van der Waals surface area contributed by atoms with Crippen LogP contribution in [-0.4, -0.2) is 18.5 Å². The minimum atomic E-state index is -4.96. The number of ether oxygens (including phenoxy) is 2. The van der Waals surface area contributed by atoms with Crippen molar-refractivity contribution in [2.75, 3.05) is 7.11 Å². The lowest BCUT2D eigenvalue weighted by Crippen LogP contribution is -2.19. The van der Waals surface area contributed by atoms with Crippen molar-refractivity contribution >= 4 is 0 Å². The molecule has 0 atom stereocenters. The molecule has 96 valence electrons. The van der Waals surface area contributed by atoms with Gasteiger partial charge in [-0.25, -0.2) is 13.8 Å². The maximum Gasteiger partial charge on any atom is 0.574 e. The van der Waals surface area contributed by atoms with Crippen LogP contribution in [0.5, 0.6) is 11.6 Å². The summed E-state index contributed by atoms with van der Waals surface area (Å²) in [5, 5.41) is 0. The number of nitrogens with zero attached hydrogens (tertiary/aromatic N) is 1. The van der Waals surface area contributed by atoms with E-state index in [0.29, 0.717) is 0 Å². The molecule has 3 nitrogen and oxygen atoms in total. The Hall–Kier alpha value is -1.60. The molecule has 0 saturated carbocycles. The summed E-state index contributed by atoms with van der Waals surface area (Å²) in [6.07, 6.45) is -7.81. The number of pyridine rings is 1. The van der Waals surface area contributed by atoms with Crippen molar-refractivity contribution in [3.05, 3.63) is 17.3 Å². The Kier molecular flexibility index (Phi) is 3.74. The van der Waals surface area contributed by atoms with E-state index in [1.165, 1.54) is 0 Å². The molecule has 0 fully saturated rings. The minimum Gasteiger partial charge on any atom is -0.491 e. The molecular weight excluding hydrogens is 249 g/mol. The quantitative estimate of drug-likeness (QED) is 0.779. The summed E-state index contributed by atoms with van der Waals surface area (Å²) >= 11 is 0. The summed E-state index contributed by atoms with van der Waals surface area (Å²) < 4.78 is 68.9. The van der Waals surface area contributed by atoms with Gasteiger partial charge in [-0.3, -0.25) is 0 Å². The van der Waals surface area contributed by atoms with E-state index in [4.69, 9.17) is 0 Å². The molecule has 0 amide bonds. The lowest BCUT2D eigenvalue weighted by atomic mass is 10.2. The Morgan fingerprint density at radius 3 is 2.29 bits per heavy atom. The molecule has 0 saturated heterocycles. The van der Waals surface area contributed by atoms with Crippen LogP contribution in [0.2, 0.25) is 0 Å². The van der Waals surface area contributed by atoms with E-state index in [1.807, 2.05) is 0 Å². The molecule has 0 bridgehead atoms. The van der Waals surface area contributed by atoms with Crippen molar-refractivity contribution in [1.82, 2.24) is 4.98 Å². The van der Waals surface area contributed by atoms with Crippen LogP contribution in [0.4, 0.5) is 22.0 Å². The van der Waals surface area contributed by atoms with Crippen LogP contribution in [0.3, 0.4) is 0 Å². The third kappa shape index (κ3) is 3.43. The molecule has 0 spiro atoms. The molecular formula is C9H8F5NO2.